The summed E-state index contributed by atoms with van der Waals surface area (Å²) in [4.78, 5) is 13.2. The highest BCUT2D eigenvalue weighted by Crippen LogP contribution is 2.53. The molecule has 32 heavy (non-hydrogen) atoms. The van der Waals surface area contributed by atoms with Crippen LogP contribution in [0.25, 0.3) is 0 Å². The molecule has 0 radical (unpaired) electrons. The van der Waals surface area contributed by atoms with Crippen LogP contribution >= 0.6 is 0 Å². The largest absolute Gasteiger partial charge is 0.416 e. The van der Waals surface area contributed by atoms with Gasteiger partial charge in [0.05, 0.1) is 25.2 Å². The summed E-state index contributed by atoms with van der Waals surface area (Å²) in [6.45, 7) is 15.2. The Labute approximate surface area is 194 Å². The van der Waals surface area contributed by atoms with Gasteiger partial charge in [0.1, 0.15) is 5.78 Å². The van der Waals surface area contributed by atoms with E-state index in [1.54, 1.807) is 0 Å². The van der Waals surface area contributed by atoms with Crippen LogP contribution < -0.4 is 0 Å². The molecule has 1 saturated heterocycles. The van der Waals surface area contributed by atoms with Gasteiger partial charge in [0.25, 0.3) is 0 Å². The molecule has 2 unspecified atom stereocenters. The lowest BCUT2D eigenvalue weighted by Crippen LogP contribution is -2.47. The molecular weight excluding hydrogens is 420 g/mol. The van der Waals surface area contributed by atoms with Crippen LogP contribution in [0.1, 0.15) is 66.2 Å². The number of ether oxygens (including phenoxy) is 2. The first-order valence-corrected chi connectivity index (χ1v) is 15.3. The third kappa shape index (κ3) is 4.11. The molecule has 180 valence electrons. The van der Waals surface area contributed by atoms with Crippen molar-refractivity contribution in [2.24, 2.45) is 17.3 Å². The van der Waals surface area contributed by atoms with Crippen molar-refractivity contribution in [3.63, 3.8) is 0 Å². The molecule has 3 atom stereocenters. The van der Waals surface area contributed by atoms with Crippen molar-refractivity contribution in [3.05, 3.63) is 22.8 Å². The van der Waals surface area contributed by atoms with Gasteiger partial charge in [-0.1, -0.05) is 27.7 Å². The molecule has 1 aliphatic heterocycles. The van der Waals surface area contributed by atoms with Crippen molar-refractivity contribution >= 4 is 14.1 Å². The maximum absolute atomic E-state index is 13.2. The number of Topliss-reactive ketones (excluding diaryl/α,β-unsaturated/α-hetero) is 1. The number of fused-ring (bicyclic) bond motifs is 1. The van der Waals surface area contributed by atoms with E-state index in [4.69, 9.17) is 13.9 Å². The van der Waals surface area contributed by atoms with Crippen LogP contribution in [0.15, 0.2) is 22.8 Å². The number of carbonyl (C=O) groups excluding carboxylic acids is 1. The number of allylic oxidation sites excluding steroid dienone is 2. The molecule has 4 aliphatic rings. The smallest absolute Gasteiger partial charge is 0.192 e. The molecule has 1 spiro atoms. The summed E-state index contributed by atoms with van der Waals surface area (Å²) in [6.07, 6.45) is 7.29. The summed E-state index contributed by atoms with van der Waals surface area (Å²) < 4.78 is 18.5. The lowest BCUT2D eigenvalue weighted by Gasteiger charge is -2.44. The molecule has 6 heteroatoms. The highest BCUT2D eigenvalue weighted by Gasteiger charge is 2.52. The standard InChI is InChI=1S/C26H42O5Si/c1-24(2,3)32(5,6)31-17-25(4)22(9-10-23(25)28)20-8-7-18-15-26(29-13-14-30-26)12-11-19(18)21(20)16-27/h15,20,22,27H,7-14,16-17H2,1-6H3/t20?,22?,25-/m0/s1. The van der Waals surface area contributed by atoms with Gasteiger partial charge in [-0.25, -0.2) is 0 Å². The maximum Gasteiger partial charge on any atom is 0.192 e. The molecule has 0 aromatic heterocycles. The fourth-order valence-corrected chi connectivity index (χ4v) is 7.11. The molecule has 0 aromatic rings. The Balaban J connectivity index is 1.60. The monoisotopic (exact) mass is 462 g/mol. The van der Waals surface area contributed by atoms with Gasteiger partial charge in [-0.3, -0.25) is 4.79 Å². The molecule has 2 fully saturated rings. The Morgan fingerprint density at radius 2 is 1.84 bits per heavy atom. The minimum absolute atomic E-state index is 0.0654. The lowest BCUT2D eigenvalue weighted by atomic mass is 9.64. The minimum atomic E-state index is -1.95. The maximum atomic E-state index is 13.2. The molecule has 1 saturated carbocycles. The number of carbonyl (C=O) groups is 1. The second-order valence-corrected chi connectivity index (χ2v) is 16.8. The normalized spacial score (nSPS) is 33.1. The molecule has 3 aliphatic carbocycles. The molecule has 4 rings (SSSR count). The first kappa shape index (κ1) is 24.3. The molecule has 5 nitrogen and oxygen atoms in total. The first-order valence-electron chi connectivity index (χ1n) is 12.4. The third-order valence-electron chi connectivity index (χ3n) is 9.17. The van der Waals surface area contributed by atoms with Gasteiger partial charge in [0, 0.05) is 19.4 Å². The predicted octanol–water partition coefficient (Wildman–Crippen LogP) is 5.16. The average molecular weight is 463 g/mol. The van der Waals surface area contributed by atoms with Crippen molar-refractivity contribution in [2.75, 3.05) is 26.4 Å². The van der Waals surface area contributed by atoms with Crippen molar-refractivity contribution < 1.29 is 23.8 Å². The zero-order valence-corrected chi connectivity index (χ0v) is 21.9. The van der Waals surface area contributed by atoms with Crippen LogP contribution in [0.4, 0.5) is 0 Å². The zero-order chi connectivity index (χ0) is 23.4. The van der Waals surface area contributed by atoms with Crippen molar-refractivity contribution in [3.8, 4) is 0 Å². The number of rotatable bonds is 5. The number of aliphatic hydroxyl groups excluding tert-OH is 1. The van der Waals surface area contributed by atoms with Gasteiger partial charge in [-0.2, -0.15) is 0 Å². The Hall–Kier alpha value is -0.793. The van der Waals surface area contributed by atoms with Crippen LogP contribution in [0.2, 0.25) is 18.1 Å². The number of ketones is 1. The SMILES string of the molecule is CC(C)(C)[Si](C)(C)OC[C@]1(C)C(=O)CCC1C1CCC2=CC3(CCC2=C1CO)OCCO3. The van der Waals surface area contributed by atoms with Gasteiger partial charge in [-0.15, -0.1) is 0 Å². The molecule has 0 amide bonds. The summed E-state index contributed by atoms with van der Waals surface area (Å²) in [7, 11) is -1.95. The summed E-state index contributed by atoms with van der Waals surface area (Å²) in [5.74, 6) is 0.248. The Morgan fingerprint density at radius 1 is 1.16 bits per heavy atom. The molecule has 0 bridgehead atoms. The fourth-order valence-electron chi connectivity index (χ4n) is 6.02. The van der Waals surface area contributed by atoms with Crippen molar-refractivity contribution in [1.82, 2.24) is 0 Å². The quantitative estimate of drug-likeness (QED) is 0.572. The van der Waals surface area contributed by atoms with Gasteiger partial charge in [0.2, 0.25) is 0 Å². The fraction of sp³-hybridized carbons (Fsp3) is 0.808. The second-order valence-electron chi connectivity index (χ2n) is 12.0. The summed E-state index contributed by atoms with van der Waals surface area (Å²) in [5, 5.41) is 10.6. The summed E-state index contributed by atoms with van der Waals surface area (Å²) in [5.41, 5.74) is 3.24. The van der Waals surface area contributed by atoms with Gasteiger partial charge in [0.15, 0.2) is 14.1 Å². The van der Waals surface area contributed by atoms with Gasteiger partial charge in [-0.05, 0) is 78.4 Å². The summed E-state index contributed by atoms with van der Waals surface area (Å²) in [6, 6.07) is 0. The van der Waals surface area contributed by atoms with E-state index < -0.39 is 19.5 Å². The third-order valence-corrected chi connectivity index (χ3v) is 13.7. The van der Waals surface area contributed by atoms with E-state index in [1.165, 1.54) is 11.1 Å². The van der Waals surface area contributed by atoms with Crippen LogP contribution in [0, 0.1) is 17.3 Å². The van der Waals surface area contributed by atoms with E-state index in [0.717, 1.165) is 37.7 Å². The second kappa shape index (κ2) is 8.45. The van der Waals surface area contributed by atoms with E-state index in [0.29, 0.717) is 32.0 Å². The van der Waals surface area contributed by atoms with Crippen LogP contribution in [-0.2, 0) is 18.7 Å². The number of hydrogen-bond donors (Lipinski definition) is 1. The zero-order valence-electron chi connectivity index (χ0n) is 20.9. The first-order chi connectivity index (χ1) is 14.9. The van der Waals surface area contributed by atoms with E-state index in [-0.39, 0.29) is 23.5 Å². The molecule has 1 heterocycles. The van der Waals surface area contributed by atoms with E-state index >= 15 is 0 Å². The van der Waals surface area contributed by atoms with E-state index in [1.807, 2.05) is 0 Å². The van der Waals surface area contributed by atoms with Crippen molar-refractivity contribution in [2.45, 2.75) is 90.1 Å². The Bertz CT molecular complexity index is 815. The van der Waals surface area contributed by atoms with Crippen LogP contribution in [-0.4, -0.2) is 51.4 Å². The van der Waals surface area contributed by atoms with E-state index in [9.17, 15) is 9.90 Å². The number of aliphatic hydroxyl groups is 1. The van der Waals surface area contributed by atoms with Crippen molar-refractivity contribution in [1.29, 1.82) is 0 Å². The molecule has 1 N–H and O–H groups in total. The van der Waals surface area contributed by atoms with Crippen LogP contribution in [0.3, 0.4) is 0 Å². The topological polar surface area (TPSA) is 65.0 Å². The lowest BCUT2D eigenvalue weighted by molar-refractivity contribution is -0.129. The van der Waals surface area contributed by atoms with Gasteiger partial charge >= 0.3 is 0 Å². The minimum Gasteiger partial charge on any atom is -0.416 e. The van der Waals surface area contributed by atoms with Crippen LogP contribution in [0.5, 0.6) is 0 Å². The van der Waals surface area contributed by atoms with Gasteiger partial charge < -0.3 is 19.0 Å². The Kier molecular flexibility index (Phi) is 6.43. The average Bonchev–Trinajstić information content (AvgIpc) is 3.30. The highest BCUT2D eigenvalue weighted by atomic mass is 28.4. The number of hydrogen-bond acceptors (Lipinski definition) is 5. The predicted molar refractivity (Wildman–Crippen MR) is 128 cm³/mol. The highest BCUT2D eigenvalue weighted by molar-refractivity contribution is 6.74. The Morgan fingerprint density at radius 3 is 2.47 bits per heavy atom. The molecule has 0 aromatic carbocycles. The van der Waals surface area contributed by atoms with E-state index in [2.05, 4.69) is 46.9 Å². The summed E-state index contributed by atoms with van der Waals surface area (Å²) >= 11 is 0. The molecular formula is C26H42O5Si.